The van der Waals surface area contributed by atoms with Crippen LogP contribution in [0.15, 0.2) is 29.2 Å². The quantitative estimate of drug-likeness (QED) is 0.669. The van der Waals surface area contributed by atoms with E-state index >= 15 is 0 Å². The first-order chi connectivity index (χ1) is 5.27. The van der Waals surface area contributed by atoms with Crippen LogP contribution < -0.4 is 10.5 Å². The summed E-state index contributed by atoms with van der Waals surface area (Å²) in [5, 5.41) is 0. The maximum absolute atomic E-state index is 5.59. The maximum atomic E-state index is 5.59. The minimum Gasteiger partial charge on any atom is -0.468 e. The standard InChI is InChI=1S/C8H11NO2/c1-3-6(9)7-4-5-8(10-2)11-7/h3-6H,1,9H2,2H3. The number of rotatable bonds is 3. The highest BCUT2D eigenvalue weighted by molar-refractivity contribution is 5.16. The highest BCUT2D eigenvalue weighted by atomic mass is 16.6. The first-order valence-corrected chi connectivity index (χ1v) is 3.29. The van der Waals surface area contributed by atoms with Gasteiger partial charge in [0.2, 0.25) is 0 Å². The third kappa shape index (κ3) is 1.62. The fraction of sp³-hybridized carbons (Fsp3) is 0.250. The Bertz CT molecular complexity index is 242. The summed E-state index contributed by atoms with van der Waals surface area (Å²) >= 11 is 0. The fourth-order valence-electron chi connectivity index (χ4n) is 0.739. The van der Waals surface area contributed by atoms with E-state index in [2.05, 4.69) is 6.58 Å². The van der Waals surface area contributed by atoms with Gasteiger partial charge in [-0.15, -0.1) is 6.58 Å². The molecule has 0 aromatic carbocycles. The zero-order chi connectivity index (χ0) is 8.27. The summed E-state index contributed by atoms with van der Waals surface area (Å²) in [5.74, 6) is 1.13. The molecular formula is C8H11NO2. The van der Waals surface area contributed by atoms with Gasteiger partial charge in [-0.2, -0.15) is 0 Å². The monoisotopic (exact) mass is 153 g/mol. The lowest BCUT2D eigenvalue weighted by molar-refractivity contribution is 0.292. The molecule has 0 amide bonds. The van der Waals surface area contributed by atoms with E-state index in [0.717, 1.165) is 0 Å². The Morgan fingerprint density at radius 1 is 1.73 bits per heavy atom. The average Bonchev–Trinajstić information content (AvgIpc) is 2.50. The topological polar surface area (TPSA) is 48.4 Å². The van der Waals surface area contributed by atoms with E-state index in [-0.39, 0.29) is 6.04 Å². The number of hydrogen-bond acceptors (Lipinski definition) is 3. The van der Waals surface area contributed by atoms with E-state index in [1.165, 1.54) is 0 Å². The van der Waals surface area contributed by atoms with Crippen LogP contribution in [-0.2, 0) is 0 Å². The molecule has 1 aromatic heterocycles. The molecule has 0 aliphatic carbocycles. The molecule has 1 heterocycles. The van der Waals surface area contributed by atoms with E-state index in [0.29, 0.717) is 11.7 Å². The Morgan fingerprint density at radius 3 is 2.91 bits per heavy atom. The smallest absolute Gasteiger partial charge is 0.284 e. The lowest BCUT2D eigenvalue weighted by Crippen LogP contribution is -2.04. The molecule has 1 aromatic rings. The van der Waals surface area contributed by atoms with Crippen LogP contribution in [0.25, 0.3) is 0 Å². The number of furan rings is 1. The van der Waals surface area contributed by atoms with Gasteiger partial charge in [0.25, 0.3) is 5.95 Å². The molecule has 2 N–H and O–H groups in total. The van der Waals surface area contributed by atoms with Crippen molar-refractivity contribution in [3.8, 4) is 5.95 Å². The van der Waals surface area contributed by atoms with Gasteiger partial charge in [0, 0.05) is 6.07 Å². The summed E-state index contributed by atoms with van der Waals surface area (Å²) in [7, 11) is 1.54. The fourth-order valence-corrected chi connectivity index (χ4v) is 0.739. The van der Waals surface area contributed by atoms with E-state index < -0.39 is 0 Å². The zero-order valence-corrected chi connectivity index (χ0v) is 6.41. The molecule has 3 nitrogen and oxygen atoms in total. The van der Waals surface area contributed by atoms with Crippen molar-refractivity contribution in [2.24, 2.45) is 5.73 Å². The highest BCUT2D eigenvalue weighted by Crippen LogP contribution is 2.20. The summed E-state index contributed by atoms with van der Waals surface area (Å²) in [6.45, 7) is 3.55. The molecule has 3 heteroatoms. The lowest BCUT2D eigenvalue weighted by atomic mass is 10.2. The first-order valence-electron chi connectivity index (χ1n) is 3.29. The molecule has 1 unspecified atom stereocenters. The zero-order valence-electron chi connectivity index (χ0n) is 6.41. The van der Waals surface area contributed by atoms with Gasteiger partial charge in [0.15, 0.2) is 0 Å². The molecule has 11 heavy (non-hydrogen) atoms. The summed E-state index contributed by atoms with van der Waals surface area (Å²) < 4.78 is 10.00. The molecule has 0 spiro atoms. The molecule has 0 radical (unpaired) electrons. The van der Waals surface area contributed by atoms with Gasteiger partial charge >= 0.3 is 0 Å². The maximum Gasteiger partial charge on any atom is 0.284 e. The van der Waals surface area contributed by atoms with Gasteiger partial charge < -0.3 is 14.9 Å². The largest absolute Gasteiger partial charge is 0.468 e. The van der Waals surface area contributed by atoms with Crippen LogP contribution in [0.4, 0.5) is 0 Å². The van der Waals surface area contributed by atoms with Crippen LogP contribution in [0, 0.1) is 0 Å². The van der Waals surface area contributed by atoms with Gasteiger partial charge in [-0.05, 0) is 6.07 Å². The molecule has 0 aliphatic rings. The highest BCUT2D eigenvalue weighted by Gasteiger charge is 2.06. The van der Waals surface area contributed by atoms with Crippen molar-refractivity contribution in [3.63, 3.8) is 0 Å². The Hall–Kier alpha value is -1.22. The number of methoxy groups -OCH3 is 1. The second-order valence-corrected chi connectivity index (χ2v) is 2.12. The second-order valence-electron chi connectivity index (χ2n) is 2.12. The number of hydrogen-bond donors (Lipinski definition) is 1. The Kier molecular flexibility index (Phi) is 2.33. The molecule has 1 rings (SSSR count). The van der Waals surface area contributed by atoms with Gasteiger partial charge in [0.05, 0.1) is 13.2 Å². The molecule has 60 valence electrons. The molecule has 0 aliphatic heterocycles. The molecule has 0 saturated carbocycles. The molecule has 0 saturated heterocycles. The summed E-state index contributed by atoms with van der Waals surface area (Å²) in [6.07, 6.45) is 1.61. The van der Waals surface area contributed by atoms with Crippen molar-refractivity contribution in [2.45, 2.75) is 6.04 Å². The Labute approximate surface area is 65.4 Å². The second kappa shape index (κ2) is 3.25. The van der Waals surface area contributed by atoms with E-state index in [1.54, 1.807) is 25.3 Å². The average molecular weight is 153 g/mol. The summed E-state index contributed by atoms with van der Waals surface area (Å²) in [5.41, 5.74) is 5.59. The van der Waals surface area contributed by atoms with Gasteiger partial charge in [0.1, 0.15) is 5.76 Å². The van der Waals surface area contributed by atoms with Crippen molar-refractivity contribution in [1.82, 2.24) is 0 Å². The Morgan fingerprint density at radius 2 is 2.45 bits per heavy atom. The van der Waals surface area contributed by atoms with Gasteiger partial charge in [-0.1, -0.05) is 6.08 Å². The summed E-state index contributed by atoms with van der Waals surface area (Å²) in [4.78, 5) is 0. The lowest BCUT2D eigenvalue weighted by Gasteiger charge is -1.99. The SMILES string of the molecule is C=CC(N)c1ccc(OC)o1. The van der Waals surface area contributed by atoms with E-state index in [4.69, 9.17) is 14.9 Å². The molecule has 0 fully saturated rings. The van der Waals surface area contributed by atoms with Crippen LogP contribution in [0.5, 0.6) is 5.95 Å². The van der Waals surface area contributed by atoms with Crippen molar-refractivity contribution in [1.29, 1.82) is 0 Å². The first kappa shape index (κ1) is 7.88. The third-order valence-electron chi connectivity index (χ3n) is 1.39. The minimum absolute atomic E-state index is 0.251. The van der Waals surface area contributed by atoms with E-state index in [1.807, 2.05) is 0 Å². The normalized spacial score (nSPS) is 12.5. The van der Waals surface area contributed by atoms with Crippen LogP contribution in [0.1, 0.15) is 11.8 Å². The number of nitrogens with two attached hydrogens (primary N) is 1. The van der Waals surface area contributed by atoms with Crippen molar-refractivity contribution in [3.05, 3.63) is 30.5 Å². The van der Waals surface area contributed by atoms with E-state index in [9.17, 15) is 0 Å². The third-order valence-corrected chi connectivity index (χ3v) is 1.39. The molecule has 0 bridgehead atoms. The van der Waals surface area contributed by atoms with Gasteiger partial charge in [-0.3, -0.25) is 0 Å². The number of ether oxygens (including phenoxy) is 1. The predicted octanol–water partition coefficient (Wildman–Crippen LogP) is 1.47. The van der Waals surface area contributed by atoms with Crippen molar-refractivity contribution < 1.29 is 9.15 Å². The molecular weight excluding hydrogens is 142 g/mol. The minimum atomic E-state index is -0.251. The van der Waals surface area contributed by atoms with Crippen LogP contribution in [0.2, 0.25) is 0 Å². The van der Waals surface area contributed by atoms with Crippen LogP contribution in [0.3, 0.4) is 0 Å². The van der Waals surface area contributed by atoms with Crippen molar-refractivity contribution >= 4 is 0 Å². The van der Waals surface area contributed by atoms with Crippen LogP contribution >= 0.6 is 0 Å². The predicted molar refractivity (Wildman–Crippen MR) is 42.4 cm³/mol. The van der Waals surface area contributed by atoms with Crippen molar-refractivity contribution in [2.75, 3.05) is 7.11 Å². The summed E-state index contributed by atoms with van der Waals surface area (Å²) in [6, 6.07) is 3.24. The van der Waals surface area contributed by atoms with Crippen LogP contribution in [-0.4, -0.2) is 7.11 Å². The molecule has 1 atom stereocenters. The van der Waals surface area contributed by atoms with Gasteiger partial charge in [-0.25, -0.2) is 0 Å². The Balaban J connectivity index is 2.79.